The lowest BCUT2D eigenvalue weighted by molar-refractivity contribution is 0.0685. The number of carbonyl (C=O) groups is 2. The van der Waals surface area contributed by atoms with Gasteiger partial charge >= 0.3 is 17.9 Å². The van der Waals surface area contributed by atoms with Crippen LogP contribution in [0.3, 0.4) is 0 Å². The number of aromatic nitrogens is 3. The number of pyridine rings is 1. The van der Waals surface area contributed by atoms with Crippen molar-refractivity contribution in [2.24, 2.45) is 0 Å². The first-order chi connectivity index (χ1) is 17.3. The van der Waals surface area contributed by atoms with Crippen LogP contribution in [0.2, 0.25) is 5.02 Å². The predicted octanol–water partition coefficient (Wildman–Crippen LogP) is 6.44. The van der Waals surface area contributed by atoms with Gasteiger partial charge in [-0.1, -0.05) is 54.1 Å². The number of aryl methyl sites for hydroxylation is 1. The first kappa shape index (κ1) is 23.1. The zero-order valence-electron chi connectivity index (χ0n) is 18.8. The summed E-state index contributed by atoms with van der Waals surface area (Å²) in [5.41, 5.74) is 5.09. The van der Waals surface area contributed by atoms with E-state index in [0.717, 1.165) is 16.7 Å². The van der Waals surface area contributed by atoms with Gasteiger partial charge in [-0.25, -0.2) is 14.6 Å². The number of fused-ring (bicyclic) bond motifs is 1. The van der Waals surface area contributed by atoms with Crippen LogP contribution >= 0.6 is 11.6 Å². The second-order valence-electron chi connectivity index (χ2n) is 8.08. The Bertz CT molecular complexity index is 1630. The highest BCUT2D eigenvalue weighted by Crippen LogP contribution is 2.32. The second kappa shape index (κ2) is 9.16. The van der Waals surface area contributed by atoms with Gasteiger partial charge in [0, 0.05) is 5.56 Å². The highest BCUT2D eigenvalue weighted by atomic mass is 35.5. The number of nitrogens with one attached hydrogen (secondary N) is 1. The predicted molar refractivity (Wildman–Crippen MR) is 135 cm³/mol. The first-order valence-corrected chi connectivity index (χ1v) is 11.2. The smallest absolute Gasteiger partial charge is 0.336 e. The van der Waals surface area contributed by atoms with Gasteiger partial charge in [-0.2, -0.15) is 4.98 Å². The molecule has 0 aliphatic rings. The van der Waals surface area contributed by atoms with Gasteiger partial charge in [-0.05, 0) is 53.9 Å². The number of H-pyrrole nitrogens is 1. The van der Waals surface area contributed by atoms with Crippen LogP contribution in [0.1, 0.15) is 26.3 Å². The van der Waals surface area contributed by atoms with E-state index >= 15 is 0 Å². The van der Waals surface area contributed by atoms with E-state index in [4.69, 9.17) is 21.4 Å². The molecule has 0 spiro atoms. The highest BCUT2D eigenvalue weighted by Gasteiger charge is 2.14. The van der Waals surface area contributed by atoms with Crippen molar-refractivity contribution >= 4 is 34.7 Å². The summed E-state index contributed by atoms with van der Waals surface area (Å²) < 4.78 is 5.73. The molecule has 36 heavy (non-hydrogen) atoms. The number of aromatic amines is 1. The number of benzene rings is 3. The molecular formula is C27H18ClN3O5. The minimum absolute atomic E-state index is 0.147. The fourth-order valence-corrected chi connectivity index (χ4v) is 4.04. The van der Waals surface area contributed by atoms with Crippen molar-refractivity contribution in [3.05, 3.63) is 94.5 Å². The normalized spacial score (nSPS) is 10.9. The van der Waals surface area contributed by atoms with E-state index in [-0.39, 0.29) is 17.1 Å². The molecule has 178 valence electrons. The Kier molecular flexibility index (Phi) is 5.87. The molecule has 5 aromatic rings. The molecule has 3 aromatic carbocycles. The van der Waals surface area contributed by atoms with Gasteiger partial charge in [-0.15, -0.1) is 0 Å². The topological polar surface area (TPSA) is 125 Å². The van der Waals surface area contributed by atoms with Crippen LogP contribution in [0.5, 0.6) is 11.8 Å². The Hall–Kier alpha value is -4.69. The van der Waals surface area contributed by atoms with E-state index in [1.807, 2.05) is 24.3 Å². The molecule has 2 aromatic heterocycles. The van der Waals surface area contributed by atoms with Crippen LogP contribution in [0, 0.1) is 6.92 Å². The summed E-state index contributed by atoms with van der Waals surface area (Å²) in [7, 11) is 0. The molecule has 2 heterocycles. The lowest BCUT2D eigenvalue weighted by atomic mass is 10.0. The summed E-state index contributed by atoms with van der Waals surface area (Å²) in [6.07, 6.45) is 0. The first-order valence-electron chi connectivity index (χ1n) is 10.8. The average molecular weight is 500 g/mol. The van der Waals surface area contributed by atoms with Crippen LogP contribution in [0.4, 0.5) is 0 Å². The maximum atomic E-state index is 11.4. The van der Waals surface area contributed by atoms with Crippen molar-refractivity contribution in [3.8, 4) is 34.1 Å². The maximum Gasteiger partial charge on any atom is 0.336 e. The lowest BCUT2D eigenvalue weighted by Crippen LogP contribution is -2.00. The molecule has 0 saturated carbocycles. The third kappa shape index (κ3) is 4.49. The molecule has 0 unspecified atom stereocenters. The number of carboxylic acid groups (broad SMARTS) is 2. The Labute approximate surface area is 209 Å². The molecule has 0 aliphatic heterocycles. The molecule has 0 amide bonds. The molecule has 0 radical (unpaired) electrons. The van der Waals surface area contributed by atoms with Crippen LogP contribution in [-0.4, -0.2) is 37.1 Å². The van der Waals surface area contributed by atoms with Gasteiger partial charge < -0.3 is 19.9 Å². The Morgan fingerprint density at radius 3 is 2.11 bits per heavy atom. The summed E-state index contributed by atoms with van der Waals surface area (Å²) in [4.78, 5) is 34.4. The average Bonchev–Trinajstić information content (AvgIpc) is 3.25. The minimum Gasteiger partial charge on any atom is -0.478 e. The number of aromatic carboxylic acids is 2. The third-order valence-electron chi connectivity index (χ3n) is 5.68. The second-order valence-corrected chi connectivity index (χ2v) is 8.48. The summed E-state index contributed by atoms with van der Waals surface area (Å²) in [5, 5.41) is 18.8. The van der Waals surface area contributed by atoms with Gasteiger partial charge in [-0.3, -0.25) is 0 Å². The van der Waals surface area contributed by atoms with E-state index in [2.05, 4.69) is 15.0 Å². The SMILES string of the molecule is Cc1ccc(Oc2nc3nc(-c4ccc(-c5ccc(C(=O)O)cc5)cc4)c(Cl)cc3[nH]2)cc1C(=O)O. The molecule has 5 rings (SSSR count). The van der Waals surface area contributed by atoms with Crippen LogP contribution < -0.4 is 4.74 Å². The largest absolute Gasteiger partial charge is 0.478 e. The van der Waals surface area contributed by atoms with Crippen LogP contribution in [0.25, 0.3) is 33.5 Å². The fraction of sp³-hybridized carbons (Fsp3) is 0.0370. The Balaban J connectivity index is 1.42. The number of carboxylic acids is 2. The van der Waals surface area contributed by atoms with E-state index in [1.165, 1.54) is 6.07 Å². The van der Waals surface area contributed by atoms with Gasteiger partial charge in [0.1, 0.15) is 5.75 Å². The van der Waals surface area contributed by atoms with Gasteiger partial charge in [0.25, 0.3) is 0 Å². The summed E-state index contributed by atoms with van der Waals surface area (Å²) in [6.45, 7) is 1.71. The number of hydrogen-bond donors (Lipinski definition) is 3. The summed E-state index contributed by atoms with van der Waals surface area (Å²) >= 11 is 6.51. The molecule has 0 saturated heterocycles. The van der Waals surface area contributed by atoms with Crippen molar-refractivity contribution in [2.45, 2.75) is 6.92 Å². The monoisotopic (exact) mass is 499 g/mol. The van der Waals surface area contributed by atoms with Crippen LogP contribution in [0.15, 0.2) is 72.8 Å². The van der Waals surface area contributed by atoms with Gasteiger partial charge in [0.2, 0.25) is 0 Å². The Morgan fingerprint density at radius 1 is 0.833 bits per heavy atom. The number of ether oxygens (including phenoxy) is 1. The molecule has 8 nitrogen and oxygen atoms in total. The van der Waals surface area contributed by atoms with Crippen LogP contribution in [-0.2, 0) is 0 Å². The van der Waals surface area contributed by atoms with E-state index < -0.39 is 11.9 Å². The zero-order valence-corrected chi connectivity index (χ0v) is 19.6. The Morgan fingerprint density at radius 2 is 1.47 bits per heavy atom. The third-order valence-corrected chi connectivity index (χ3v) is 5.97. The van der Waals surface area contributed by atoms with E-state index in [9.17, 15) is 14.7 Å². The van der Waals surface area contributed by atoms with Crippen molar-refractivity contribution in [3.63, 3.8) is 0 Å². The summed E-state index contributed by atoms with van der Waals surface area (Å²) in [6, 6.07) is 20.8. The molecule has 0 fully saturated rings. The molecule has 3 N–H and O–H groups in total. The zero-order chi connectivity index (χ0) is 25.4. The van der Waals surface area contributed by atoms with Crippen molar-refractivity contribution in [2.75, 3.05) is 0 Å². The molecule has 0 aliphatic carbocycles. The van der Waals surface area contributed by atoms with Gasteiger partial charge in [0.15, 0.2) is 5.65 Å². The van der Waals surface area contributed by atoms with Crippen molar-refractivity contribution in [1.82, 2.24) is 15.0 Å². The number of halogens is 1. The van der Waals surface area contributed by atoms with Gasteiger partial charge in [0.05, 0.1) is 27.4 Å². The standard InChI is InChI=1S/C27H18ClN3O5/c1-14-2-11-19(12-20(14)26(34)35)36-27-29-22-13-21(28)23(30-24(22)31-27)17-7-3-15(4-8-17)16-5-9-18(10-6-16)25(32)33/h2-13H,1H3,(H,32,33)(H,34,35)(H,29,30,31). The number of hydrogen-bond acceptors (Lipinski definition) is 5. The maximum absolute atomic E-state index is 11.4. The van der Waals surface area contributed by atoms with E-state index in [0.29, 0.717) is 33.2 Å². The van der Waals surface area contributed by atoms with Crippen molar-refractivity contribution in [1.29, 1.82) is 0 Å². The molecule has 0 bridgehead atoms. The molecule has 0 atom stereocenters. The number of rotatable bonds is 6. The minimum atomic E-state index is -1.04. The van der Waals surface area contributed by atoms with Crippen molar-refractivity contribution < 1.29 is 24.5 Å². The quantitative estimate of drug-likeness (QED) is 0.245. The molecule has 9 heteroatoms. The lowest BCUT2D eigenvalue weighted by Gasteiger charge is -2.06. The number of imidazole rings is 1. The molecular weight excluding hydrogens is 482 g/mol. The highest BCUT2D eigenvalue weighted by molar-refractivity contribution is 6.33. The van der Waals surface area contributed by atoms with E-state index in [1.54, 1.807) is 49.4 Å². The number of nitrogens with zero attached hydrogens (tertiary/aromatic N) is 2. The summed E-state index contributed by atoms with van der Waals surface area (Å²) in [5.74, 6) is -1.68. The fourth-order valence-electron chi connectivity index (χ4n) is 3.78.